The van der Waals surface area contributed by atoms with Gasteiger partial charge in [-0.3, -0.25) is 14.7 Å². The highest BCUT2D eigenvalue weighted by molar-refractivity contribution is 5.80. The van der Waals surface area contributed by atoms with Crippen LogP contribution in [0.5, 0.6) is 0 Å². The number of amides is 1. The lowest BCUT2D eigenvalue weighted by atomic mass is 10.1. The van der Waals surface area contributed by atoms with Crippen LogP contribution in [-0.4, -0.2) is 98.7 Å². The molecular weight excluding hydrogens is 366 g/mol. The Hall–Kier alpha value is -2.12. The first-order valence-electron chi connectivity index (χ1n) is 10.8. The lowest BCUT2D eigenvalue weighted by molar-refractivity contribution is -0.136. The largest absolute Gasteiger partial charge is 0.378 e. The van der Waals surface area contributed by atoms with Crippen LogP contribution in [0.3, 0.4) is 0 Å². The minimum absolute atomic E-state index is 0.223. The van der Waals surface area contributed by atoms with Crippen molar-refractivity contribution in [3.8, 4) is 0 Å². The fourth-order valence-corrected chi connectivity index (χ4v) is 3.69. The highest BCUT2D eigenvalue weighted by atomic mass is 16.5. The van der Waals surface area contributed by atoms with Gasteiger partial charge in [0.2, 0.25) is 5.91 Å². The van der Waals surface area contributed by atoms with Gasteiger partial charge in [0.15, 0.2) is 5.96 Å². The molecule has 0 atom stereocenters. The Labute approximate surface area is 174 Å². The van der Waals surface area contributed by atoms with Gasteiger partial charge in [0.1, 0.15) is 0 Å². The average molecular weight is 402 g/mol. The van der Waals surface area contributed by atoms with E-state index >= 15 is 0 Å². The van der Waals surface area contributed by atoms with Crippen LogP contribution in [0.1, 0.15) is 18.1 Å². The maximum Gasteiger partial charge on any atom is 0.236 e. The van der Waals surface area contributed by atoms with E-state index < -0.39 is 0 Å². The molecule has 1 N–H and O–H groups in total. The third kappa shape index (κ3) is 6.72. The van der Waals surface area contributed by atoms with Crippen molar-refractivity contribution >= 4 is 11.9 Å². The summed E-state index contributed by atoms with van der Waals surface area (Å²) >= 11 is 0. The zero-order valence-corrected chi connectivity index (χ0v) is 17.9. The molecule has 7 nitrogen and oxygen atoms in total. The summed E-state index contributed by atoms with van der Waals surface area (Å²) in [4.78, 5) is 23.8. The first kappa shape index (κ1) is 21.6. The van der Waals surface area contributed by atoms with Gasteiger partial charge < -0.3 is 19.9 Å². The third-order valence-corrected chi connectivity index (χ3v) is 5.51. The number of carbonyl (C=O) groups excluding carboxylic acids is 1. The van der Waals surface area contributed by atoms with E-state index in [1.54, 1.807) is 0 Å². The second-order valence-electron chi connectivity index (χ2n) is 7.73. The zero-order valence-electron chi connectivity index (χ0n) is 17.9. The highest BCUT2D eigenvalue weighted by Crippen LogP contribution is 2.07. The molecule has 0 unspecified atom stereocenters. The van der Waals surface area contributed by atoms with Crippen molar-refractivity contribution in [2.24, 2.45) is 4.99 Å². The van der Waals surface area contributed by atoms with Gasteiger partial charge in [0.05, 0.1) is 19.8 Å². The van der Waals surface area contributed by atoms with Gasteiger partial charge in [-0.1, -0.05) is 29.8 Å². The fourth-order valence-electron chi connectivity index (χ4n) is 3.69. The lowest BCUT2D eigenvalue weighted by Crippen LogP contribution is -2.55. The number of aliphatic imine (C=N–C) groups is 1. The van der Waals surface area contributed by atoms with E-state index in [0.717, 1.165) is 64.7 Å². The number of nitrogens with one attached hydrogen (secondary N) is 1. The highest BCUT2D eigenvalue weighted by Gasteiger charge is 2.24. The van der Waals surface area contributed by atoms with E-state index in [1.807, 2.05) is 4.90 Å². The monoisotopic (exact) mass is 401 g/mol. The number of guanidine groups is 1. The summed E-state index contributed by atoms with van der Waals surface area (Å²) in [6.07, 6.45) is 0.948. The Morgan fingerprint density at radius 2 is 1.72 bits per heavy atom. The summed E-state index contributed by atoms with van der Waals surface area (Å²) in [7, 11) is 0. The van der Waals surface area contributed by atoms with Gasteiger partial charge in [-0.2, -0.15) is 0 Å². The minimum Gasteiger partial charge on any atom is -0.378 e. The van der Waals surface area contributed by atoms with Gasteiger partial charge in [0, 0.05) is 52.4 Å². The number of hydrogen-bond donors (Lipinski definition) is 1. The molecule has 2 heterocycles. The van der Waals surface area contributed by atoms with Crippen molar-refractivity contribution in [1.82, 2.24) is 20.0 Å². The molecule has 2 fully saturated rings. The Bertz CT molecular complexity index is 662. The van der Waals surface area contributed by atoms with E-state index in [2.05, 4.69) is 53.2 Å². The minimum atomic E-state index is 0.223. The molecule has 0 aliphatic carbocycles. The van der Waals surface area contributed by atoms with Gasteiger partial charge in [-0.05, 0) is 25.8 Å². The van der Waals surface area contributed by atoms with Crippen molar-refractivity contribution in [3.63, 3.8) is 0 Å². The molecule has 160 valence electrons. The van der Waals surface area contributed by atoms with Crippen LogP contribution in [0.15, 0.2) is 29.3 Å². The van der Waals surface area contributed by atoms with Crippen molar-refractivity contribution < 1.29 is 9.53 Å². The van der Waals surface area contributed by atoms with Crippen LogP contribution in [0.4, 0.5) is 0 Å². The van der Waals surface area contributed by atoms with E-state index in [-0.39, 0.29) is 5.91 Å². The van der Waals surface area contributed by atoms with Gasteiger partial charge in [-0.15, -0.1) is 0 Å². The fraction of sp³-hybridized carbons (Fsp3) is 0.636. The molecule has 2 saturated heterocycles. The number of benzene rings is 1. The molecular formula is C22H35N5O2. The summed E-state index contributed by atoms with van der Waals surface area (Å²) in [6.45, 7) is 12.7. The molecule has 0 aromatic heterocycles. The SMILES string of the molecule is CCNC(=NCCc1ccc(C)cc1)N1CCN(CC(=O)N2CCOCC2)CC1. The van der Waals surface area contributed by atoms with Crippen molar-refractivity contribution in [2.75, 3.05) is 72.1 Å². The number of nitrogens with zero attached hydrogens (tertiary/aromatic N) is 4. The Morgan fingerprint density at radius 1 is 1.03 bits per heavy atom. The molecule has 2 aliphatic heterocycles. The molecule has 29 heavy (non-hydrogen) atoms. The van der Waals surface area contributed by atoms with E-state index in [1.165, 1.54) is 11.1 Å². The topological polar surface area (TPSA) is 60.4 Å². The normalized spacial score (nSPS) is 18.8. The van der Waals surface area contributed by atoms with Crippen LogP contribution in [-0.2, 0) is 16.0 Å². The molecule has 0 saturated carbocycles. The van der Waals surface area contributed by atoms with Crippen molar-refractivity contribution in [1.29, 1.82) is 0 Å². The number of hydrogen-bond acceptors (Lipinski definition) is 4. The molecule has 1 amide bonds. The second-order valence-corrected chi connectivity index (χ2v) is 7.73. The van der Waals surface area contributed by atoms with Crippen LogP contribution in [0, 0.1) is 6.92 Å². The molecule has 1 aromatic rings. The predicted molar refractivity (Wildman–Crippen MR) is 116 cm³/mol. The quantitative estimate of drug-likeness (QED) is 0.569. The van der Waals surface area contributed by atoms with Gasteiger partial charge in [0.25, 0.3) is 0 Å². The van der Waals surface area contributed by atoms with E-state index in [0.29, 0.717) is 19.8 Å². The molecule has 2 aliphatic rings. The summed E-state index contributed by atoms with van der Waals surface area (Å²) < 4.78 is 5.33. The zero-order chi connectivity index (χ0) is 20.5. The Morgan fingerprint density at radius 3 is 2.38 bits per heavy atom. The predicted octanol–water partition coefficient (Wildman–Crippen LogP) is 0.979. The number of piperazine rings is 1. The van der Waals surface area contributed by atoms with Gasteiger partial charge >= 0.3 is 0 Å². The number of ether oxygens (including phenoxy) is 1. The summed E-state index contributed by atoms with van der Waals surface area (Å²) in [5.41, 5.74) is 2.61. The van der Waals surface area contributed by atoms with Crippen molar-refractivity contribution in [2.45, 2.75) is 20.3 Å². The Kier molecular flexibility index (Phi) is 8.31. The number of aryl methyl sites for hydroxylation is 1. The van der Waals surface area contributed by atoms with Crippen molar-refractivity contribution in [3.05, 3.63) is 35.4 Å². The molecule has 0 bridgehead atoms. The summed E-state index contributed by atoms with van der Waals surface area (Å²) in [6, 6.07) is 8.67. The van der Waals surface area contributed by atoms with Crippen LogP contribution in [0.2, 0.25) is 0 Å². The van der Waals surface area contributed by atoms with Crippen LogP contribution >= 0.6 is 0 Å². The second kappa shape index (κ2) is 11.2. The molecule has 7 heteroatoms. The van der Waals surface area contributed by atoms with E-state index in [4.69, 9.17) is 9.73 Å². The Balaban J connectivity index is 1.45. The standard InChI is InChI=1S/C22H35N5O2/c1-3-23-22(24-9-8-20-6-4-19(2)5-7-20)27-12-10-25(11-13-27)18-21(28)26-14-16-29-17-15-26/h4-7H,3,8-18H2,1-2H3,(H,23,24). The number of carbonyl (C=O) groups is 1. The molecule has 0 spiro atoms. The average Bonchev–Trinajstić information content (AvgIpc) is 2.76. The first-order valence-corrected chi connectivity index (χ1v) is 10.8. The molecule has 3 rings (SSSR count). The van der Waals surface area contributed by atoms with Crippen LogP contribution < -0.4 is 5.32 Å². The summed E-state index contributed by atoms with van der Waals surface area (Å²) in [5, 5.41) is 3.42. The first-order chi connectivity index (χ1) is 14.2. The third-order valence-electron chi connectivity index (χ3n) is 5.51. The molecule has 1 aromatic carbocycles. The number of rotatable bonds is 6. The van der Waals surface area contributed by atoms with E-state index in [9.17, 15) is 4.79 Å². The molecule has 0 radical (unpaired) electrons. The number of morpholine rings is 1. The van der Waals surface area contributed by atoms with Gasteiger partial charge in [-0.25, -0.2) is 0 Å². The van der Waals surface area contributed by atoms with Crippen LogP contribution in [0.25, 0.3) is 0 Å². The maximum atomic E-state index is 12.5. The maximum absolute atomic E-state index is 12.5. The smallest absolute Gasteiger partial charge is 0.236 e. The summed E-state index contributed by atoms with van der Waals surface area (Å²) in [5.74, 6) is 1.21. The lowest BCUT2D eigenvalue weighted by Gasteiger charge is -2.37.